The van der Waals surface area contributed by atoms with Crippen molar-refractivity contribution in [1.29, 1.82) is 0 Å². The van der Waals surface area contributed by atoms with Gasteiger partial charge in [-0.05, 0) is 29.4 Å². The highest BCUT2D eigenvalue weighted by atomic mass is 16.5. The lowest BCUT2D eigenvalue weighted by atomic mass is 10.0. The number of hydrogen-bond donors (Lipinski definition) is 2. The number of nitrogens with two attached hydrogens (primary N) is 1. The average molecular weight is 502 g/mol. The molecule has 3 N–H and O–H groups in total. The molecule has 1 aromatic heterocycles. The van der Waals surface area contributed by atoms with Crippen molar-refractivity contribution in [3.8, 4) is 5.75 Å². The van der Waals surface area contributed by atoms with Crippen LogP contribution in [0.25, 0.3) is 0 Å². The van der Waals surface area contributed by atoms with Gasteiger partial charge < -0.3 is 20.3 Å². The molecular weight excluding hydrogens is 462 g/mol. The van der Waals surface area contributed by atoms with E-state index in [9.17, 15) is 19.2 Å². The normalized spacial score (nSPS) is 11.3. The fraction of sp³-hybridized carbons (Fsp3) is 0.538. The maximum absolute atomic E-state index is 13.3. The lowest BCUT2D eigenvalue weighted by molar-refractivity contribution is -0.135. The number of carbonyl (C=O) groups is 2. The predicted octanol–water partition coefficient (Wildman–Crippen LogP) is 2.42. The summed E-state index contributed by atoms with van der Waals surface area (Å²) in [7, 11) is 1.50. The first-order valence-corrected chi connectivity index (χ1v) is 12.2. The van der Waals surface area contributed by atoms with E-state index in [0.717, 1.165) is 5.56 Å². The molecule has 0 spiro atoms. The Morgan fingerprint density at radius 3 is 2.25 bits per heavy atom. The summed E-state index contributed by atoms with van der Waals surface area (Å²) in [5.74, 6) is -0.0321. The summed E-state index contributed by atoms with van der Waals surface area (Å²) < 4.78 is 7.01. The van der Waals surface area contributed by atoms with Crippen molar-refractivity contribution in [1.82, 2.24) is 14.5 Å². The first-order valence-electron chi connectivity index (χ1n) is 12.2. The summed E-state index contributed by atoms with van der Waals surface area (Å²) in [6.45, 7) is 11.6. The average Bonchev–Trinajstić information content (AvgIpc) is 2.79. The van der Waals surface area contributed by atoms with Gasteiger partial charge in [-0.1, -0.05) is 59.7 Å². The van der Waals surface area contributed by atoms with Crippen LogP contribution in [0.15, 0.2) is 33.9 Å². The van der Waals surface area contributed by atoms with Crippen molar-refractivity contribution in [3.63, 3.8) is 0 Å². The van der Waals surface area contributed by atoms with E-state index in [0.29, 0.717) is 5.75 Å². The maximum Gasteiger partial charge on any atom is 0.330 e. The Kier molecular flexibility index (Phi) is 9.89. The number of rotatable bonds is 11. The van der Waals surface area contributed by atoms with Crippen LogP contribution < -0.4 is 26.6 Å². The summed E-state index contributed by atoms with van der Waals surface area (Å²) in [6.07, 6.45) is 0. The van der Waals surface area contributed by atoms with E-state index in [1.54, 1.807) is 6.07 Å². The minimum Gasteiger partial charge on any atom is -0.483 e. The number of ether oxygens (including phenoxy) is 1. The molecule has 0 aliphatic carbocycles. The first-order chi connectivity index (χ1) is 16.8. The van der Waals surface area contributed by atoms with Crippen LogP contribution in [0.1, 0.15) is 53.0 Å². The first kappa shape index (κ1) is 28.7. The van der Waals surface area contributed by atoms with E-state index >= 15 is 0 Å². The molecular formula is C26H39N5O5. The van der Waals surface area contributed by atoms with E-state index in [1.807, 2.05) is 59.7 Å². The molecule has 1 heterocycles. The number of para-hydroxylation sites is 1. The van der Waals surface area contributed by atoms with Gasteiger partial charge in [0.05, 0.1) is 6.54 Å². The molecule has 0 radical (unpaired) electrons. The number of nitrogen functional groups attached to an aromatic ring is 1. The third-order valence-electron chi connectivity index (χ3n) is 5.57. The zero-order chi connectivity index (χ0) is 27.2. The van der Waals surface area contributed by atoms with Gasteiger partial charge in [0.1, 0.15) is 11.6 Å². The minimum atomic E-state index is -0.742. The highest BCUT2D eigenvalue weighted by Crippen LogP contribution is 2.26. The third-order valence-corrected chi connectivity index (χ3v) is 5.57. The number of amides is 2. The van der Waals surface area contributed by atoms with Gasteiger partial charge in [0.25, 0.3) is 11.5 Å². The Labute approximate surface area is 212 Å². The largest absolute Gasteiger partial charge is 0.483 e. The number of hydrogen-bond acceptors (Lipinski definition) is 6. The maximum atomic E-state index is 13.3. The predicted molar refractivity (Wildman–Crippen MR) is 141 cm³/mol. The Morgan fingerprint density at radius 2 is 1.67 bits per heavy atom. The number of nitrogens with one attached hydrogen (secondary N) is 1. The lowest BCUT2D eigenvalue weighted by Crippen LogP contribution is -2.47. The molecule has 36 heavy (non-hydrogen) atoms. The molecule has 0 fully saturated rings. The number of aromatic nitrogens is 2. The molecule has 198 valence electrons. The Balaban J connectivity index is 2.25. The van der Waals surface area contributed by atoms with Crippen LogP contribution in [0.5, 0.6) is 5.75 Å². The Hall–Kier alpha value is -3.56. The number of nitrogens with zero attached hydrogens (tertiary/aromatic N) is 3. The van der Waals surface area contributed by atoms with Gasteiger partial charge in [-0.15, -0.1) is 0 Å². The summed E-state index contributed by atoms with van der Waals surface area (Å²) in [5.41, 5.74) is 5.77. The van der Waals surface area contributed by atoms with E-state index in [1.165, 1.54) is 21.4 Å². The Morgan fingerprint density at radius 1 is 1.03 bits per heavy atom. The molecule has 10 nitrogen and oxygen atoms in total. The molecule has 0 unspecified atom stereocenters. The molecule has 2 aromatic rings. The monoisotopic (exact) mass is 501 g/mol. The van der Waals surface area contributed by atoms with Gasteiger partial charge in [-0.25, -0.2) is 4.79 Å². The van der Waals surface area contributed by atoms with Gasteiger partial charge in [0.2, 0.25) is 5.91 Å². The van der Waals surface area contributed by atoms with Crippen LogP contribution in [0.3, 0.4) is 0 Å². The van der Waals surface area contributed by atoms with Gasteiger partial charge >= 0.3 is 5.69 Å². The number of anilines is 2. The van der Waals surface area contributed by atoms with Crippen LogP contribution >= 0.6 is 0 Å². The summed E-state index contributed by atoms with van der Waals surface area (Å²) in [6, 6.07) is 7.50. The van der Waals surface area contributed by atoms with Gasteiger partial charge in [0, 0.05) is 20.1 Å². The summed E-state index contributed by atoms with van der Waals surface area (Å²) in [4.78, 5) is 56.0. The third kappa shape index (κ3) is 7.22. The quantitative estimate of drug-likeness (QED) is 0.486. The van der Waals surface area contributed by atoms with Crippen molar-refractivity contribution >= 4 is 23.3 Å². The summed E-state index contributed by atoms with van der Waals surface area (Å²) in [5, 5.41) is 0. The van der Waals surface area contributed by atoms with Crippen LogP contribution in [0, 0.1) is 11.8 Å². The van der Waals surface area contributed by atoms with Gasteiger partial charge in [-0.2, -0.15) is 0 Å². The van der Waals surface area contributed by atoms with Crippen LogP contribution in [-0.4, -0.2) is 53.0 Å². The number of carbonyl (C=O) groups excluding carboxylic acids is 2. The standard InChI is InChI=1S/C26H39N5O5/c1-16(2)12-30(23-24(27)31(13-17(3)4)26(35)28-25(23)34)21(32)14-29(7)22(33)15-36-20-11-9-8-10-19(20)18(5)6/h8-11,16-18H,12-15,27H2,1-7H3,(H,28,34,35). The fourth-order valence-electron chi connectivity index (χ4n) is 3.78. The molecule has 0 bridgehead atoms. The molecule has 2 amide bonds. The molecule has 0 aliphatic rings. The smallest absolute Gasteiger partial charge is 0.330 e. The van der Waals surface area contributed by atoms with Crippen molar-refractivity contribution in [2.75, 3.05) is 37.4 Å². The number of benzene rings is 1. The molecule has 0 saturated heterocycles. The second kappa shape index (κ2) is 12.4. The second-order valence-electron chi connectivity index (χ2n) is 10.1. The summed E-state index contributed by atoms with van der Waals surface area (Å²) >= 11 is 0. The van der Waals surface area contributed by atoms with Crippen LogP contribution in [0.2, 0.25) is 0 Å². The SMILES string of the molecule is CC(C)CN(C(=O)CN(C)C(=O)COc1ccccc1C(C)C)c1c(N)n(CC(C)C)c(=O)[nH]c1=O. The minimum absolute atomic E-state index is 0.00453. The molecule has 0 atom stereocenters. The molecule has 0 aliphatic heterocycles. The van der Waals surface area contributed by atoms with E-state index in [-0.39, 0.29) is 55.5 Å². The van der Waals surface area contributed by atoms with Crippen LogP contribution in [0.4, 0.5) is 11.5 Å². The van der Waals surface area contributed by atoms with Gasteiger partial charge in [0.15, 0.2) is 12.3 Å². The van der Waals surface area contributed by atoms with E-state index < -0.39 is 23.1 Å². The topological polar surface area (TPSA) is 131 Å². The van der Waals surface area contributed by atoms with Gasteiger partial charge in [-0.3, -0.25) is 23.9 Å². The highest BCUT2D eigenvalue weighted by molar-refractivity contribution is 5.98. The zero-order valence-electron chi connectivity index (χ0n) is 22.3. The zero-order valence-corrected chi connectivity index (χ0v) is 22.3. The van der Waals surface area contributed by atoms with Crippen LogP contribution in [-0.2, 0) is 16.1 Å². The molecule has 10 heteroatoms. The van der Waals surface area contributed by atoms with Crippen molar-refractivity contribution in [2.24, 2.45) is 11.8 Å². The van der Waals surface area contributed by atoms with Crippen molar-refractivity contribution < 1.29 is 14.3 Å². The lowest BCUT2D eigenvalue weighted by Gasteiger charge is -2.28. The number of likely N-dealkylation sites (N-methyl/N-ethyl adjacent to an activating group) is 1. The van der Waals surface area contributed by atoms with E-state index in [2.05, 4.69) is 4.98 Å². The number of H-pyrrole nitrogens is 1. The number of aromatic amines is 1. The second-order valence-corrected chi connectivity index (χ2v) is 10.1. The molecule has 1 aromatic carbocycles. The molecule has 0 saturated carbocycles. The van der Waals surface area contributed by atoms with Crippen molar-refractivity contribution in [3.05, 3.63) is 50.7 Å². The molecule has 2 rings (SSSR count). The van der Waals surface area contributed by atoms with Crippen molar-refractivity contribution in [2.45, 2.75) is 54.0 Å². The fourth-order valence-corrected chi connectivity index (χ4v) is 3.78. The highest BCUT2D eigenvalue weighted by Gasteiger charge is 2.27. The van der Waals surface area contributed by atoms with E-state index in [4.69, 9.17) is 10.5 Å². The Bertz CT molecular complexity index is 1180.